The van der Waals surface area contributed by atoms with Crippen LogP contribution >= 0.6 is 22.6 Å². The fourth-order valence-corrected chi connectivity index (χ4v) is 2.70. The first kappa shape index (κ1) is 16.1. The number of fused-ring (bicyclic) bond motifs is 1. The summed E-state index contributed by atoms with van der Waals surface area (Å²) in [5.74, 6) is 0. The minimum Gasteiger partial charge on any atom is -0.444 e. The molecule has 1 aromatic carbocycles. The maximum Gasteiger partial charge on any atom is 0.407 e. The molecule has 2 N–H and O–H groups in total. The molecule has 21 heavy (non-hydrogen) atoms. The van der Waals surface area contributed by atoms with Crippen molar-refractivity contribution >= 4 is 39.6 Å². The number of halogens is 1. The van der Waals surface area contributed by atoms with Crippen molar-refractivity contribution in [3.05, 3.63) is 33.5 Å². The molecule has 0 unspecified atom stereocenters. The van der Waals surface area contributed by atoms with Crippen molar-refractivity contribution in [2.45, 2.75) is 45.8 Å². The zero-order chi connectivity index (χ0) is 15.6. The summed E-state index contributed by atoms with van der Waals surface area (Å²) < 4.78 is 6.48. The largest absolute Gasteiger partial charge is 0.444 e. The quantitative estimate of drug-likeness (QED) is 0.758. The van der Waals surface area contributed by atoms with Crippen molar-refractivity contribution in [1.82, 2.24) is 10.3 Å². The third kappa shape index (κ3) is 4.62. The number of rotatable bonds is 3. The maximum absolute atomic E-state index is 11.8. The lowest BCUT2D eigenvalue weighted by atomic mass is 10.1. The van der Waals surface area contributed by atoms with Crippen LogP contribution < -0.4 is 5.32 Å². The SMILES string of the molecule is C[C@H](Cc1c[nH]c2ccc(I)cc12)NC(=O)OC(C)(C)C. The highest BCUT2D eigenvalue weighted by molar-refractivity contribution is 14.1. The maximum atomic E-state index is 11.8. The van der Waals surface area contributed by atoms with Crippen LogP contribution in [0.2, 0.25) is 0 Å². The summed E-state index contributed by atoms with van der Waals surface area (Å²) in [4.78, 5) is 15.0. The number of aromatic nitrogens is 1. The monoisotopic (exact) mass is 400 g/mol. The highest BCUT2D eigenvalue weighted by Crippen LogP contribution is 2.22. The van der Waals surface area contributed by atoms with Crippen molar-refractivity contribution in [1.29, 1.82) is 0 Å². The minimum atomic E-state index is -0.472. The van der Waals surface area contributed by atoms with E-state index in [9.17, 15) is 4.79 Å². The Hall–Kier alpha value is -1.24. The molecule has 0 bridgehead atoms. The molecule has 0 saturated heterocycles. The fourth-order valence-electron chi connectivity index (χ4n) is 2.21. The molecule has 2 aromatic rings. The minimum absolute atomic E-state index is 0.0108. The Morgan fingerprint density at radius 3 is 2.81 bits per heavy atom. The van der Waals surface area contributed by atoms with Crippen LogP contribution in [0.3, 0.4) is 0 Å². The Kier molecular flexibility index (Phi) is 4.81. The second-order valence-corrected chi connectivity index (χ2v) is 7.50. The van der Waals surface area contributed by atoms with Gasteiger partial charge in [0.05, 0.1) is 0 Å². The molecule has 5 heteroatoms. The Balaban J connectivity index is 2.03. The predicted molar refractivity (Wildman–Crippen MR) is 93.6 cm³/mol. The van der Waals surface area contributed by atoms with Gasteiger partial charge in [0.15, 0.2) is 0 Å². The molecule has 1 aromatic heterocycles. The van der Waals surface area contributed by atoms with Gasteiger partial charge in [-0.3, -0.25) is 0 Å². The number of ether oxygens (including phenoxy) is 1. The Labute approximate surface area is 138 Å². The first-order valence-corrected chi connectivity index (χ1v) is 8.07. The first-order valence-electron chi connectivity index (χ1n) is 6.99. The summed E-state index contributed by atoms with van der Waals surface area (Å²) >= 11 is 2.31. The summed E-state index contributed by atoms with van der Waals surface area (Å²) in [6.07, 6.45) is 2.40. The van der Waals surface area contributed by atoms with E-state index in [1.807, 2.05) is 33.9 Å². The van der Waals surface area contributed by atoms with Gasteiger partial charge in [-0.05, 0) is 80.5 Å². The third-order valence-electron chi connectivity index (χ3n) is 3.02. The highest BCUT2D eigenvalue weighted by Gasteiger charge is 2.18. The van der Waals surface area contributed by atoms with Gasteiger partial charge >= 0.3 is 6.09 Å². The zero-order valence-corrected chi connectivity index (χ0v) is 14.9. The third-order valence-corrected chi connectivity index (χ3v) is 3.69. The number of amides is 1. The Morgan fingerprint density at radius 1 is 1.43 bits per heavy atom. The van der Waals surface area contributed by atoms with Gasteiger partial charge in [-0.15, -0.1) is 0 Å². The molecule has 4 nitrogen and oxygen atoms in total. The summed E-state index contributed by atoms with van der Waals surface area (Å²) in [7, 11) is 0. The van der Waals surface area contributed by atoms with Crippen LogP contribution in [0.5, 0.6) is 0 Å². The summed E-state index contributed by atoms with van der Waals surface area (Å²) in [5, 5.41) is 4.09. The second-order valence-electron chi connectivity index (χ2n) is 6.26. The van der Waals surface area contributed by atoms with Gasteiger partial charge in [0.25, 0.3) is 0 Å². The van der Waals surface area contributed by atoms with E-state index in [-0.39, 0.29) is 12.1 Å². The molecule has 0 spiro atoms. The topological polar surface area (TPSA) is 54.1 Å². The molecular weight excluding hydrogens is 379 g/mol. The number of aromatic amines is 1. The number of hydrogen-bond acceptors (Lipinski definition) is 2. The molecule has 1 heterocycles. The average Bonchev–Trinajstić information content (AvgIpc) is 2.69. The number of nitrogens with one attached hydrogen (secondary N) is 2. The van der Waals surface area contributed by atoms with Crippen molar-refractivity contribution in [3.8, 4) is 0 Å². The van der Waals surface area contributed by atoms with Crippen molar-refractivity contribution in [2.75, 3.05) is 0 Å². The number of carbonyl (C=O) groups excluding carboxylic acids is 1. The van der Waals surface area contributed by atoms with Gasteiger partial charge in [-0.25, -0.2) is 4.79 Å². The summed E-state index contributed by atoms with van der Waals surface area (Å²) in [6.45, 7) is 7.56. The molecule has 0 fully saturated rings. The molecule has 1 atom stereocenters. The zero-order valence-electron chi connectivity index (χ0n) is 12.8. The number of alkyl carbamates (subject to hydrolysis) is 1. The van der Waals surface area contributed by atoms with E-state index in [0.29, 0.717) is 0 Å². The fraction of sp³-hybridized carbons (Fsp3) is 0.438. The predicted octanol–water partition coefficient (Wildman–Crippen LogP) is 4.23. The number of hydrogen-bond donors (Lipinski definition) is 2. The Bertz CT molecular complexity index is 643. The van der Waals surface area contributed by atoms with E-state index in [1.54, 1.807) is 0 Å². The Morgan fingerprint density at radius 2 is 2.14 bits per heavy atom. The second kappa shape index (κ2) is 6.25. The van der Waals surface area contributed by atoms with Crippen LogP contribution in [0, 0.1) is 3.57 Å². The molecule has 0 aliphatic heterocycles. The number of H-pyrrole nitrogens is 1. The van der Waals surface area contributed by atoms with Gasteiger partial charge in [-0.1, -0.05) is 0 Å². The van der Waals surface area contributed by atoms with Crippen LogP contribution in [0.4, 0.5) is 4.79 Å². The molecule has 0 aliphatic rings. The summed E-state index contributed by atoms with van der Waals surface area (Å²) in [5.41, 5.74) is 1.85. The lowest BCUT2D eigenvalue weighted by molar-refractivity contribution is 0.0508. The van der Waals surface area contributed by atoms with E-state index in [4.69, 9.17) is 4.74 Å². The van der Waals surface area contributed by atoms with Crippen molar-refractivity contribution in [3.63, 3.8) is 0 Å². The molecule has 114 valence electrons. The van der Waals surface area contributed by atoms with Crippen LogP contribution in [0.15, 0.2) is 24.4 Å². The summed E-state index contributed by atoms with van der Waals surface area (Å²) in [6, 6.07) is 6.32. The van der Waals surface area contributed by atoms with Gasteiger partial charge in [0.2, 0.25) is 0 Å². The molecular formula is C16H21IN2O2. The highest BCUT2D eigenvalue weighted by atomic mass is 127. The van der Waals surface area contributed by atoms with E-state index in [0.717, 1.165) is 11.9 Å². The molecule has 0 radical (unpaired) electrons. The number of benzene rings is 1. The van der Waals surface area contributed by atoms with E-state index < -0.39 is 5.60 Å². The normalized spacial score (nSPS) is 13.2. The lowest BCUT2D eigenvalue weighted by Crippen LogP contribution is -2.38. The van der Waals surface area contributed by atoms with Gasteiger partial charge < -0.3 is 15.0 Å². The standard InChI is InChI=1S/C16H21IN2O2/c1-10(19-15(20)21-16(2,3)4)7-11-9-18-14-6-5-12(17)8-13(11)14/h5-6,8-10,18H,7H2,1-4H3,(H,19,20)/t10-/m1/s1. The van der Waals surface area contributed by atoms with Crippen LogP contribution in [0.1, 0.15) is 33.3 Å². The molecule has 1 amide bonds. The van der Waals surface area contributed by atoms with Crippen LogP contribution in [0.25, 0.3) is 10.9 Å². The molecule has 0 saturated carbocycles. The van der Waals surface area contributed by atoms with E-state index in [1.165, 1.54) is 14.5 Å². The van der Waals surface area contributed by atoms with Gasteiger partial charge in [0, 0.05) is 26.7 Å². The smallest absolute Gasteiger partial charge is 0.407 e. The van der Waals surface area contributed by atoms with Crippen molar-refractivity contribution < 1.29 is 9.53 Å². The van der Waals surface area contributed by atoms with E-state index >= 15 is 0 Å². The molecule has 0 aliphatic carbocycles. The van der Waals surface area contributed by atoms with Gasteiger partial charge in [-0.2, -0.15) is 0 Å². The molecule has 2 rings (SSSR count). The average molecular weight is 400 g/mol. The number of carbonyl (C=O) groups is 1. The lowest BCUT2D eigenvalue weighted by Gasteiger charge is -2.21. The van der Waals surface area contributed by atoms with E-state index in [2.05, 4.69) is 51.1 Å². The van der Waals surface area contributed by atoms with Gasteiger partial charge in [0.1, 0.15) is 5.60 Å². The first-order chi connectivity index (χ1) is 9.74. The van der Waals surface area contributed by atoms with Crippen molar-refractivity contribution in [2.24, 2.45) is 0 Å². The van der Waals surface area contributed by atoms with Crippen LogP contribution in [-0.4, -0.2) is 22.7 Å². The van der Waals surface area contributed by atoms with Crippen LogP contribution in [-0.2, 0) is 11.2 Å².